The van der Waals surface area contributed by atoms with Crippen LogP contribution in [-0.4, -0.2) is 0 Å². The third kappa shape index (κ3) is 3.20. The van der Waals surface area contributed by atoms with Crippen molar-refractivity contribution in [2.24, 2.45) is 0 Å². The van der Waals surface area contributed by atoms with E-state index in [9.17, 15) is 0 Å². The van der Waals surface area contributed by atoms with Crippen LogP contribution in [0, 0.1) is 18.3 Å². The van der Waals surface area contributed by atoms with E-state index in [-0.39, 0.29) is 0 Å². The van der Waals surface area contributed by atoms with Crippen LogP contribution in [0.5, 0.6) is 11.5 Å². The van der Waals surface area contributed by atoms with Crippen LogP contribution in [0.2, 0.25) is 5.02 Å². The fourth-order valence-corrected chi connectivity index (χ4v) is 2.05. The van der Waals surface area contributed by atoms with Crippen LogP contribution in [-0.2, 0) is 5.88 Å². The van der Waals surface area contributed by atoms with Gasteiger partial charge in [0.05, 0.1) is 17.5 Å². The first-order valence-electron chi connectivity index (χ1n) is 5.67. The van der Waals surface area contributed by atoms with Crippen LogP contribution in [0.3, 0.4) is 0 Å². The fraction of sp³-hybridized carbons (Fsp3) is 0.133. The average Bonchev–Trinajstić information content (AvgIpc) is 2.43. The Balaban J connectivity index is 2.39. The van der Waals surface area contributed by atoms with Gasteiger partial charge in [-0.15, -0.1) is 11.6 Å². The van der Waals surface area contributed by atoms with E-state index in [2.05, 4.69) is 6.07 Å². The van der Waals surface area contributed by atoms with Gasteiger partial charge < -0.3 is 4.74 Å². The van der Waals surface area contributed by atoms with E-state index in [1.807, 2.05) is 13.0 Å². The van der Waals surface area contributed by atoms with Crippen molar-refractivity contribution in [2.75, 3.05) is 0 Å². The molecule has 19 heavy (non-hydrogen) atoms. The first kappa shape index (κ1) is 13.7. The average molecular weight is 292 g/mol. The highest BCUT2D eigenvalue weighted by Crippen LogP contribution is 2.31. The molecular formula is C15H11Cl2NO. The van der Waals surface area contributed by atoms with Gasteiger partial charge in [0.2, 0.25) is 0 Å². The van der Waals surface area contributed by atoms with Gasteiger partial charge in [0.25, 0.3) is 0 Å². The molecule has 0 fully saturated rings. The molecule has 0 aromatic heterocycles. The maximum absolute atomic E-state index is 8.91. The summed E-state index contributed by atoms with van der Waals surface area (Å²) in [5.74, 6) is 1.61. The number of alkyl halides is 1. The molecule has 0 amide bonds. The highest BCUT2D eigenvalue weighted by atomic mass is 35.5. The molecule has 2 rings (SSSR count). The van der Waals surface area contributed by atoms with Crippen molar-refractivity contribution < 1.29 is 4.74 Å². The number of hydrogen-bond donors (Lipinski definition) is 0. The minimum Gasteiger partial charge on any atom is -0.457 e. The summed E-state index contributed by atoms with van der Waals surface area (Å²) in [4.78, 5) is 0. The van der Waals surface area contributed by atoms with Gasteiger partial charge >= 0.3 is 0 Å². The molecule has 96 valence electrons. The van der Waals surface area contributed by atoms with E-state index < -0.39 is 0 Å². The number of nitrogens with zero attached hydrogens (tertiary/aromatic N) is 1. The van der Waals surface area contributed by atoms with Gasteiger partial charge in [-0.25, -0.2) is 0 Å². The standard InChI is InChI=1S/C15H11Cl2NO/c1-10-2-3-11(9-18)6-15(10)19-14-5-4-13(17)7-12(14)8-16/h2-7H,8H2,1H3. The lowest BCUT2D eigenvalue weighted by Gasteiger charge is -2.12. The third-order valence-electron chi connectivity index (χ3n) is 2.70. The zero-order valence-electron chi connectivity index (χ0n) is 10.3. The molecule has 0 spiro atoms. The largest absolute Gasteiger partial charge is 0.457 e. The van der Waals surface area contributed by atoms with E-state index in [0.717, 1.165) is 11.1 Å². The van der Waals surface area contributed by atoms with Crippen LogP contribution in [0.1, 0.15) is 16.7 Å². The lowest BCUT2D eigenvalue weighted by molar-refractivity contribution is 0.474. The normalized spacial score (nSPS) is 10.0. The van der Waals surface area contributed by atoms with E-state index >= 15 is 0 Å². The van der Waals surface area contributed by atoms with E-state index in [0.29, 0.717) is 28.0 Å². The summed E-state index contributed by atoms with van der Waals surface area (Å²) in [6, 6.07) is 12.7. The molecule has 4 heteroatoms. The number of ether oxygens (including phenoxy) is 1. The molecule has 0 radical (unpaired) electrons. The lowest BCUT2D eigenvalue weighted by Crippen LogP contribution is -1.92. The van der Waals surface area contributed by atoms with Gasteiger partial charge in [-0.1, -0.05) is 17.7 Å². The Morgan fingerprint density at radius 3 is 2.63 bits per heavy atom. The number of halogens is 2. The van der Waals surface area contributed by atoms with E-state index in [1.54, 1.807) is 30.3 Å². The molecule has 0 saturated heterocycles. The third-order valence-corrected chi connectivity index (χ3v) is 3.23. The molecule has 0 unspecified atom stereocenters. The Hall–Kier alpha value is -1.69. The highest BCUT2D eigenvalue weighted by molar-refractivity contribution is 6.30. The van der Waals surface area contributed by atoms with Gasteiger partial charge in [0, 0.05) is 10.6 Å². The van der Waals surface area contributed by atoms with E-state index in [4.69, 9.17) is 33.2 Å². The van der Waals surface area contributed by atoms with Crippen molar-refractivity contribution in [3.05, 3.63) is 58.1 Å². The van der Waals surface area contributed by atoms with Crippen LogP contribution >= 0.6 is 23.2 Å². The summed E-state index contributed by atoms with van der Waals surface area (Å²) in [5, 5.41) is 9.53. The Kier molecular flexibility index (Phi) is 4.31. The highest BCUT2D eigenvalue weighted by Gasteiger charge is 2.08. The Labute approximate surface area is 122 Å². The molecule has 0 atom stereocenters. The number of rotatable bonds is 3. The number of nitriles is 1. The number of benzene rings is 2. The molecular weight excluding hydrogens is 281 g/mol. The van der Waals surface area contributed by atoms with Gasteiger partial charge in [-0.3, -0.25) is 0 Å². The summed E-state index contributed by atoms with van der Waals surface area (Å²) in [5.41, 5.74) is 2.33. The van der Waals surface area contributed by atoms with Crippen molar-refractivity contribution >= 4 is 23.2 Å². The molecule has 0 N–H and O–H groups in total. The van der Waals surface area contributed by atoms with E-state index in [1.165, 1.54) is 0 Å². The van der Waals surface area contributed by atoms with Crippen molar-refractivity contribution in [2.45, 2.75) is 12.8 Å². The Morgan fingerprint density at radius 2 is 1.95 bits per heavy atom. The smallest absolute Gasteiger partial charge is 0.131 e. The molecule has 0 heterocycles. The van der Waals surface area contributed by atoms with Crippen LogP contribution < -0.4 is 4.74 Å². The predicted octanol–water partition coefficient (Wildman–Crippen LogP) is 5.05. The molecule has 2 aromatic carbocycles. The molecule has 0 bridgehead atoms. The minimum atomic E-state index is 0.312. The predicted molar refractivity (Wildman–Crippen MR) is 77.0 cm³/mol. The topological polar surface area (TPSA) is 33.0 Å². The second-order valence-electron chi connectivity index (χ2n) is 4.08. The van der Waals surface area contributed by atoms with Crippen LogP contribution in [0.15, 0.2) is 36.4 Å². The van der Waals surface area contributed by atoms with Gasteiger partial charge in [-0.05, 0) is 42.8 Å². The first-order valence-corrected chi connectivity index (χ1v) is 6.58. The van der Waals surface area contributed by atoms with Crippen molar-refractivity contribution in [3.63, 3.8) is 0 Å². The zero-order chi connectivity index (χ0) is 13.8. The minimum absolute atomic E-state index is 0.312. The second-order valence-corrected chi connectivity index (χ2v) is 4.78. The van der Waals surface area contributed by atoms with Crippen LogP contribution in [0.25, 0.3) is 0 Å². The summed E-state index contributed by atoms with van der Waals surface area (Å²) in [7, 11) is 0. The molecule has 2 aromatic rings. The Bertz CT molecular complexity index is 647. The summed E-state index contributed by atoms with van der Waals surface area (Å²) >= 11 is 11.8. The van der Waals surface area contributed by atoms with Crippen LogP contribution in [0.4, 0.5) is 0 Å². The van der Waals surface area contributed by atoms with Gasteiger partial charge in [0.1, 0.15) is 11.5 Å². The maximum atomic E-state index is 8.91. The molecule has 0 aliphatic carbocycles. The molecule has 0 saturated carbocycles. The van der Waals surface area contributed by atoms with Crippen molar-refractivity contribution in [3.8, 4) is 17.6 Å². The molecule has 2 nitrogen and oxygen atoms in total. The summed E-state index contributed by atoms with van der Waals surface area (Å²) < 4.78 is 5.83. The number of hydrogen-bond acceptors (Lipinski definition) is 2. The van der Waals surface area contributed by atoms with Crippen molar-refractivity contribution in [1.82, 2.24) is 0 Å². The quantitative estimate of drug-likeness (QED) is 0.741. The van der Waals surface area contributed by atoms with Crippen molar-refractivity contribution in [1.29, 1.82) is 5.26 Å². The maximum Gasteiger partial charge on any atom is 0.131 e. The number of aryl methyl sites for hydroxylation is 1. The van der Waals surface area contributed by atoms with Gasteiger partial charge in [-0.2, -0.15) is 5.26 Å². The zero-order valence-corrected chi connectivity index (χ0v) is 11.8. The molecule has 0 aliphatic rings. The lowest BCUT2D eigenvalue weighted by atomic mass is 10.1. The van der Waals surface area contributed by atoms with Gasteiger partial charge in [0.15, 0.2) is 0 Å². The molecule has 0 aliphatic heterocycles. The first-order chi connectivity index (χ1) is 9.13. The summed E-state index contributed by atoms with van der Waals surface area (Å²) in [6.45, 7) is 1.92. The Morgan fingerprint density at radius 1 is 1.16 bits per heavy atom. The summed E-state index contributed by atoms with van der Waals surface area (Å²) in [6.07, 6.45) is 0. The second kappa shape index (κ2) is 5.97. The monoisotopic (exact) mass is 291 g/mol. The SMILES string of the molecule is Cc1ccc(C#N)cc1Oc1ccc(Cl)cc1CCl. The fourth-order valence-electron chi connectivity index (χ4n) is 1.65.